The largest absolute Gasteiger partial charge is 0.473 e. The molecule has 4 aliphatic heterocycles. The Bertz CT molecular complexity index is 659. The zero-order chi connectivity index (χ0) is 17.1. The molecule has 0 aliphatic carbocycles. The first-order valence-corrected chi connectivity index (χ1v) is 7.06. The van der Waals surface area contributed by atoms with E-state index in [4.69, 9.17) is 4.74 Å². The van der Waals surface area contributed by atoms with Crippen molar-refractivity contribution in [3.8, 4) is 0 Å². The van der Waals surface area contributed by atoms with Crippen LogP contribution in [0.5, 0.6) is 0 Å². The minimum atomic E-state index is -0.579. The summed E-state index contributed by atoms with van der Waals surface area (Å²) in [5.74, 6) is -2.75. The molecule has 0 saturated carbocycles. The molecule has 0 N–H and O–H groups in total. The molecule has 5 heterocycles. The van der Waals surface area contributed by atoms with E-state index in [0.29, 0.717) is 0 Å². The van der Waals surface area contributed by atoms with Gasteiger partial charge in [-0.1, -0.05) is 12.2 Å². The van der Waals surface area contributed by atoms with Gasteiger partial charge >= 0.3 is 23.9 Å². The Kier molecular flexibility index (Phi) is 4.39. The number of hydrogen-bond donors (Lipinski definition) is 0. The molecule has 126 valence electrons. The fourth-order valence-electron chi connectivity index (χ4n) is 2.64. The second-order valence-corrected chi connectivity index (χ2v) is 5.11. The molecular formula is C16H14O8. The SMILES string of the molecule is O=C1C=CC(=O)O1.O=C1OC(=O)C2C3C=CC(O3)C12.[2HH].c1ccoc1. The van der Waals surface area contributed by atoms with Crippen LogP contribution in [0.4, 0.5) is 0 Å². The zero-order valence-electron chi connectivity index (χ0n) is 12.2. The predicted molar refractivity (Wildman–Crippen MR) is 76.9 cm³/mol. The third-order valence-corrected chi connectivity index (χ3v) is 3.63. The van der Waals surface area contributed by atoms with E-state index in [1.165, 1.54) is 0 Å². The van der Waals surface area contributed by atoms with Gasteiger partial charge in [-0.05, 0) is 12.1 Å². The number of carbonyl (C=O) groups is 4. The summed E-state index contributed by atoms with van der Waals surface area (Å²) >= 11 is 0. The molecule has 0 spiro atoms. The summed E-state index contributed by atoms with van der Waals surface area (Å²) in [6.07, 6.45) is 8.63. The number of rotatable bonds is 0. The summed E-state index contributed by atoms with van der Waals surface area (Å²) in [5, 5.41) is 0. The second-order valence-electron chi connectivity index (χ2n) is 5.11. The lowest BCUT2D eigenvalue weighted by molar-refractivity contribution is -0.156. The number of furan rings is 1. The summed E-state index contributed by atoms with van der Waals surface area (Å²) < 4.78 is 18.4. The monoisotopic (exact) mass is 335 g/mol. The Hall–Kier alpha value is -3.00. The zero-order valence-corrected chi connectivity index (χ0v) is 12.2. The van der Waals surface area contributed by atoms with E-state index in [-0.39, 0.29) is 25.5 Å². The minimum absolute atomic E-state index is 0. The van der Waals surface area contributed by atoms with E-state index < -0.39 is 23.9 Å². The van der Waals surface area contributed by atoms with Crippen molar-refractivity contribution < 1.29 is 39.2 Å². The Morgan fingerprint density at radius 3 is 1.58 bits per heavy atom. The van der Waals surface area contributed by atoms with Gasteiger partial charge in [0, 0.05) is 13.6 Å². The van der Waals surface area contributed by atoms with Crippen LogP contribution in [0.15, 0.2) is 53.4 Å². The number of hydrogen-bond acceptors (Lipinski definition) is 8. The van der Waals surface area contributed by atoms with Gasteiger partial charge in [-0.15, -0.1) is 0 Å². The van der Waals surface area contributed by atoms with E-state index in [9.17, 15) is 19.2 Å². The Balaban J connectivity index is 0.000000149. The van der Waals surface area contributed by atoms with Gasteiger partial charge in [-0.3, -0.25) is 9.59 Å². The van der Waals surface area contributed by atoms with Crippen molar-refractivity contribution in [2.24, 2.45) is 11.8 Å². The van der Waals surface area contributed by atoms with Crippen molar-refractivity contribution in [3.05, 3.63) is 49.0 Å². The number of esters is 4. The van der Waals surface area contributed by atoms with E-state index in [2.05, 4.69) is 13.9 Å². The van der Waals surface area contributed by atoms with E-state index >= 15 is 0 Å². The van der Waals surface area contributed by atoms with Gasteiger partial charge in [-0.25, -0.2) is 9.59 Å². The first-order valence-electron chi connectivity index (χ1n) is 7.06. The van der Waals surface area contributed by atoms with Crippen LogP contribution in [0.1, 0.15) is 1.43 Å². The molecule has 5 rings (SSSR count). The molecule has 8 nitrogen and oxygen atoms in total. The van der Waals surface area contributed by atoms with Gasteiger partial charge < -0.3 is 18.6 Å². The first kappa shape index (κ1) is 15.9. The van der Waals surface area contributed by atoms with Gasteiger partial charge in [0.2, 0.25) is 0 Å². The number of cyclic esters (lactones) is 4. The van der Waals surface area contributed by atoms with E-state index in [1.54, 1.807) is 12.5 Å². The maximum atomic E-state index is 11.1. The van der Waals surface area contributed by atoms with Crippen molar-refractivity contribution in [3.63, 3.8) is 0 Å². The van der Waals surface area contributed by atoms with Crippen molar-refractivity contribution in [1.82, 2.24) is 0 Å². The van der Waals surface area contributed by atoms with Gasteiger partial charge in [0.05, 0.1) is 24.7 Å². The molecule has 0 aromatic carbocycles. The van der Waals surface area contributed by atoms with Crippen LogP contribution >= 0.6 is 0 Å². The lowest BCUT2D eigenvalue weighted by atomic mass is 9.85. The molecule has 2 fully saturated rings. The lowest BCUT2D eigenvalue weighted by Gasteiger charge is -2.08. The summed E-state index contributed by atoms with van der Waals surface area (Å²) in [6, 6.07) is 3.67. The van der Waals surface area contributed by atoms with E-state index in [0.717, 1.165) is 12.2 Å². The normalized spacial score (nSPS) is 31.0. The molecule has 0 radical (unpaired) electrons. The molecule has 4 aliphatic rings. The molecule has 8 heteroatoms. The van der Waals surface area contributed by atoms with Crippen LogP contribution in [-0.2, 0) is 33.4 Å². The van der Waals surface area contributed by atoms with Gasteiger partial charge in [0.15, 0.2) is 0 Å². The summed E-state index contributed by atoms with van der Waals surface area (Å²) in [5.41, 5.74) is 0. The first-order chi connectivity index (χ1) is 11.6. The topological polar surface area (TPSA) is 109 Å². The Labute approximate surface area is 137 Å². The molecule has 1 aromatic rings. The van der Waals surface area contributed by atoms with Gasteiger partial charge in [0.1, 0.15) is 11.8 Å². The highest BCUT2D eigenvalue weighted by atomic mass is 16.6. The molecule has 4 atom stereocenters. The minimum Gasteiger partial charge on any atom is -0.473 e. The average molecular weight is 335 g/mol. The molecule has 2 bridgehead atoms. The molecular weight excluding hydrogens is 320 g/mol. The van der Waals surface area contributed by atoms with Crippen LogP contribution in [0, 0.1) is 11.8 Å². The van der Waals surface area contributed by atoms with Crippen molar-refractivity contribution >= 4 is 23.9 Å². The quantitative estimate of drug-likeness (QED) is 0.389. The predicted octanol–water partition coefficient (Wildman–Crippen LogP) is 0.791. The number of carbonyl (C=O) groups excluding carboxylic acids is 4. The number of fused-ring (bicyclic) bond motifs is 5. The smallest absolute Gasteiger partial charge is 0.338 e. The highest BCUT2D eigenvalue weighted by Crippen LogP contribution is 2.43. The molecule has 2 saturated heterocycles. The van der Waals surface area contributed by atoms with Crippen LogP contribution < -0.4 is 0 Å². The highest BCUT2D eigenvalue weighted by molar-refractivity contribution is 6.04. The fourth-order valence-corrected chi connectivity index (χ4v) is 2.64. The molecule has 24 heavy (non-hydrogen) atoms. The fraction of sp³-hybridized carbons (Fsp3) is 0.250. The van der Waals surface area contributed by atoms with E-state index in [1.807, 2.05) is 24.3 Å². The van der Waals surface area contributed by atoms with Crippen molar-refractivity contribution in [1.29, 1.82) is 0 Å². The second kappa shape index (κ2) is 6.63. The van der Waals surface area contributed by atoms with Crippen molar-refractivity contribution in [2.45, 2.75) is 12.2 Å². The summed E-state index contributed by atoms with van der Waals surface area (Å²) in [7, 11) is 0. The highest BCUT2D eigenvalue weighted by Gasteiger charge is 2.59. The number of ether oxygens (including phenoxy) is 3. The maximum absolute atomic E-state index is 11.1. The van der Waals surface area contributed by atoms with Gasteiger partial charge in [0.25, 0.3) is 0 Å². The lowest BCUT2D eigenvalue weighted by Crippen LogP contribution is -2.26. The molecule has 4 unspecified atom stereocenters. The third kappa shape index (κ3) is 3.18. The van der Waals surface area contributed by atoms with Gasteiger partial charge in [-0.2, -0.15) is 0 Å². The Morgan fingerprint density at radius 2 is 1.25 bits per heavy atom. The average Bonchev–Trinajstić information content (AvgIpc) is 3.33. The summed E-state index contributed by atoms with van der Waals surface area (Å²) in [4.78, 5) is 42.0. The van der Waals surface area contributed by atoms with Crippen LogP contribution in [0.25, 0.3) is 0 Å². The van der Waals surface area contributed by atoms with Crippen molar-refractivity contribution in [2.75, 3.05) is 0 Å². The summed E-state index contributed by atoms with van der Waals surface area (Å²) in [6.45, 7) is 0. The third-order valence-electron chi connectivity index (χ3n) is 3.63. The maximum Gasteiger partial charge on any atom is 0.338 e. The van der Waals surface area contributed by atoms with Crippen LogP contribution in [0.3, 0.4) is 0 Å². The Morgan fingerprint density at radius 1 is 0.750 bits per heavy atom. The standard InChI is InChI=1S/C8H6O4.C4H2O3.C4H4O.H2/c9-7-5-3-1-2-4(11-3)6(5)8(10)12-7;5-3-1-2-4(6)7-3;1-2-4-5-3-1;/h1-6H;1-2H;1-4H;1H/i;;;1+1. The molecule has 0 amide bonds. The van der Waals surface area contributed by atoms with Crippen LogP contribution in [-0.4, -0.2) is 36.1 Å². The van der Waals surface area contributed by atoms with Crippen LogP contribution in [0.2, 0.25) is 0 Å². The molecule has 1 aromatic heterocycles.